The van der Waals surface area contributed by atoms with Gasteiger partial charge in [-0.2, -0.15) is 0 Å². The van der Waals surface area contributed by atoms with Crippen molar-refractivity contribution in [1.29, 1.82) is 0 Å². The average Bonchev–Trinajstić information content (AvgIpc) is 3.34. The number of nitrogens with one attached hydrogen (secondary N) is 1. The predicted octanol–water partition coefficient (Wildman–Crippen LogP) is 2.53. The number of thioether (sulfide) groups is 1. The molecule has 0 saturated carbocycles. The normalized spacial score (nSPS) is 12.2. The van der Waals surface area contributed by atoms with Gasteiger partial charge in [0.1, 0.15) is 5.75 Å². The van der Waals surface area contributed by atoms with Crippen LogP contribution in [-0.2, 0) is 11.3 Å². The number of ether oxygens (including phenoxy) is 2. The van der Waals surface area contributed by atoms with Crippen LogP contribution in [-0.4, -0.2) is 43.3 Å². The maximum Gasteiger partial charge on any atom is 0.260 e. The Morgan fingerprint density at radius 2 is 2.07 bits per heavy atom. The number of phenolic OH excluding ortho intramolecular Hbond substituents is 1. The van der Waals surface area contributed by atoms with Gasteiger partial charge in [-0.1, -0.05) is 11.8 Å². The molecule has 1 amide bonds. The smallest absolute Gasteiger partial charge is 0.260 e. The molecule has 0 unspecified atom stereocenters. The Balaban J connectivity index is 1.48. The summed E-state index contributed by atoms with van der Waals surface area (Å²) in [6.45, 7) is 2.73. The molecule has 0 aliphatic carbocycles. The number of anilines is 1. The number of rotatable bonds is 6. The summed E-state index contributed by atoms with van der Waals surface area (Å²) in [7, 11) is 0. The van der Waals surface area contributed by atoms with Gasteiger partial charge in [0.05, 0.1) is 11.3 Å². The Bertz CT molecular complexity index is 1010. The first-order chi connectivity index (χ1) is 13.7. The number of carbonyl (C=O) groups excluding carboxylic acids is 1. The van der Waals surface area contributed by atoms with Crippen LogP contribution < -0.4 is 14.8 Å². The molecule has 9 nitrogen and oxygen atoms in total. The third-order valence-corrected chi connectivity index (χ3v) is 4.99. The molecule has 0 saturated heterocycles. The fourth-order valence-corrected chi connectivity index (χ4v) is 3.55. The second kappa shape index (κ2) is 7.77. The third kappa shape index (κ3) is 3.58. The summed E-state index contributed by atoms with van der Waals surface area (Å²) in [6.07, 6.45) is 1.63. The van der Waals surface area contributed by atoms with Crippen LogP contribution in [0.3, 0.4) is 0 Å². The monoisotopic (exact) mass is 399 g/mol. The lowest BCUT2D eigenvalue weighted by Gasteiger charge is -2.09. The standard InChI is InChI=1S/C18H17N5O4S/c1-2-23-16(13-7-8-19-17-15(13)26-10-27-17)21-22-18(23)28-9-14(25)20-11-3-5-12(24)6-4-11/h3-8,24H,2,9-10H2,1H3,(H,20,25). The fourth-order valence-electron chi connectivity index (χ4n) is 2.74. The highest BCUT2D eigenvalue weighted by molar-refractivity contribution is 7.99. The molecule has 3 aromatic rings. The fraction of sp³-hybridized carbons (Fsp3) is 0.222. The molecule has 10 heteroatoms. The first kappa shape index (κ1) is 18.1. The van der Waals surface area contributed by atoms with E-state index >= 15 is 0 Å². The quantitative estimate of drug-likeness (QED) is 0.480. The third-order valence-electron chi connectivity index (χ3n) is 4.03. The molecule has 1 aliphatic heterocycles. The van der Waals surface area contributed by atoms with E-state index in [1.807, 2.05) is 11.5 Å². The number of fused-ring (bicyclic) bond motifs is 1. The highest BCUT2D eigenvalue weighted by atomic mass is 32.2. The van der Waals surface area contributed by atoms with Crippen molar-refractivity contribution in [1.82, 2.24) is 19.7 Å². The van der Waals surface area contributed by atoms with Crippen molar-refractivity contribution in [2.45, 2.75) is 18.6 Å². The van der Waals surface area contributed by atoms with E-state index in [1.54, 1.807) is 24.4 Å². The molecular formula is C18H17N5O4S. The van der Waals surface area contributed by atoms with Crippen LogP contribution >= 0.6 is 11.8 Å². The van der Waals surface area contributed by atoms with Gasteiger partial charge in [-0.25, -0.2) is 4.98 Å². The SMILES string of the molecule is CCn1c(SCC(=O)Nc2ccc(O)cc2)nnc1-c1ccnc2c1OCO2. The molecule has 0 atom stereocenters. The summed E-state index contributed by atoms with van der Waals surface area (Å²) in [4.78, 5) is 16.3. The second-order valence-electron chi connectivity index (χ2n) is 5.83. The first-order valence-electron chi connectivity index (χ1n) is 8.55. The van der Waals surface area contributed by atoms with Crippen molar-refractivity contribution in [2.24, 2.45) is 0 Å². The highest BCUT2D eigenvalue weighted by Gasteiger charge is 2.24. The highest BCUT2D eigenvalue weighted by Crippen LogP contribution is 2.39. The van der Waals surface area contributed by atoms with E-state index in [0.717, 1.165) is 5.56 Å². The average molecular weight is 399 g/mol. The van der Waals surface area contributed by atoms with Gasteiger partial charge in [0.2, 0.25) is 12.7 Å². The first-order valence-corrected chi connectivity index (χ1v) is 9.54. The van der Waals surface area contributed by atoms with Gasteiger partial charge in [-0.15, -0.1) is 10.2 Å². The van der Waals surface area contributed by atoms with Gasteiger partial charge in [-0.05, 0) is 37.3 Å². The van der Waals surface area contributed by atoms with Gasteiger partial charge < -0.3 is 24.5 Å². The number of nitrogens with zero attached hydrogens (tertiary/aromatic N) is 4. The predicted molar refractivity (Wildman–Crippen MR) is 103 cm³/mol. The Morgan fingerprint density at radius 1 is 1.25 bits per heavy atom. The van der Waals surface area contributed by atoms with Crippen molar-refractivity contribution in [3.05, 3.63) is 36.5 Å². The van der Waals surface area contributed by atoms with Gasteiger partial charge in [0.25, 0.3) is 5.88 Å². The molecule has 28 heavy (non-hydrogen) atoms. The number of phenols is 1. The summed E-state index contributed by atoms with van der Waals surface area (Å²) >= 11 is 1.29. The molecule has 144 valence electrons. The van der Waals surface area contributed by atoms with Crippen molar-refractivity contribution < 1.29 is 19.4 Å². The van der Waals surface area contributed by atoms with E-state index in [2.05, 4.69) is 20.5 Å². The van der Waals surface area contributed by atoms with E-state index < -0.39 is 0 Å². The van der Waals surface area contributed by atoms with Crippen molar-refractivity contribution >= 4 is 23.4 Å². The van der Waals surface area contributed by atoms with Crippen LogP contribution in [0.1, 0.15) is 6.92 Å². The Morgan fingerprint density at radius 3 is 2.86 bits per heavy atom. The number of carbonyl (C=O) groups is 1. The number of aromatic nitrogens is 4. The number of benzene rings is 1. The van der Waals surface area contributed by atoms with E-state index in [9.17, 15) is 9.90 Å². The van der Waals surface area contributed by atoms with Crippen LogP contribution in [0, 0.1) is 0 Å². The topological polar surface area (TPSA) is 111 Å². The molecule has 0 spiro atoms. The van der Waals surface area contributed by atoms with Gasteiger partial charge in [0.15, 0.2) is 16.7 Å². The maximum atomic E-state index is 12.2. The van der Waals surface area contributed by atoms with Crippen LogP contribution in [0.4, 0.5) is 5.69 Å². The Labute approximate surface area is 164 Å². The summed E-state index contributed by atoms with van der Waals surface area (Å²) in [6, 6.07) is 8.10. The summed E-state index contributed by atoms with van der Waals surface area (Å²) in [5, 5.41) is 21.2. The zero-order valence-electron chi connectivity index (χ0n) is 15.0. The molecule has 1 aliphatic rings. The number of amides is 1. The minimum Gasteiger partial charge on any atom is -0.508 e. The number of hydrogen-bond donors (Lipinski definition) is 2. The molecule has 4 rings (SSSR count). The van der Waals surface area contributed by atoms with E-state index in [4.69, 9.17) is 9.47 Å². The molecule has 0 radical (unpaired) electrons. The van der Waals surface area contributed by atoms with Gasteiger partial charge in [0, 0.05) is 18.4 Å². The maximum absolute atomic E-state index is 12.2. The molecule has 3 heterocycles. The van der Waals surface area contributed by atoms with Crippen molar-refractivity contribution in [2.75, 3.05) is 17.9 Å². The number of aromatic hydroxyl groups is 1. The lowest BCUT2D eigenvalue weighted by Crippen LogP contribution is -2.14. The van der Waals surface area contributed by atoms with Crippen molar-refractivity contribution in [3.63, 3.8) is 0 Å². The number of pyridine rings is 1. The minimum atomic E-state index is -0.176. The molecule has 0 bridgehead atoms. The largest absolute Gasteiger partial charge is 0.508 e. The van der Waals surface area contributed by atoms with Crippen LogP contribution in [0.2, 0.25) is 0 Å². The van der Waals surface area contributed by atoms with Gasteiger partial charge >= 0.3 is 0 Å². The van der Waals surface area contributed by atoms with Gasteiger partial charge in [-0.3, -0.25) is 4.79 Å². The Kier molecular flexibility index (Phi) is 5.02. The van der Waals surface area contributed by atoms with Crippen LogP contribution in [0.5, 0.6) is 17.4 Å². The molecular weight excluding hydrogens is 382 g/mol. The van der Waals surface area contributed by atoms with Crippen LogP contribution in [0.25, 0.3) is 11.4 Å². The Hall–Kier alpha value is -3.27. The van der Waals surface area contributed by atoms with E-state index in [0.29, 0.717) is 34.8 Å². The second-order valence-corrected chi connectivity index (χ2v) is 6.78. The zero-order chi connectivity index (χ0) is 19.5. The summed E-state index contributed by atoms with van der Waals surface area (Å²) in [5.74, 6) is 1.76. The zero-order valence-corrected chi connectivity index (χ0v) is 15.8. The molecule has 0 fully saturated rings. The van der Waals surface area contributed by atoms with Crippen LogP contribution in [0.15, 0.2) is 41.7 Å². The lowest BCUT2D eigenvalue weighted by atomic mass is 10.2. The molecule has 2 N–H and O–H groups in total. The minimum absolute atomic E-state index is 0.124. The molecule has 2 aromatic heterocycles. The lowest BCUT2D eigenvalue weighted by molar-refractivity contribution is -0.113. The number of hydrogen-bond acceptors (Lipinski definition) is 8. The molecule has 1 aromatic carbocycles. The summed E-state index contributed by atoms with van der Waals surface area (Å²) < 4.78 is 12.7. The van der Waals surface area contributed by atoms with Crippen molar-refractivity contribution in [3.8, 4) is 28.8 Å². The summed E-state index contributed by atoms with van der Waals surface area (Å²) in [5.41, 5.74) is 1.36. The van der Waals surface area contributed by atoms with E-state index in [-0.39, 0.29) is 24.2 Å². The van der Waals surface area contributed by atoms with E-state index in [1.165, 1.54) is 23.9 Å².